The number of aliphatic hydroxyl groups excluding tert-OH is 2. The molecule has 18 heteroatoms. The van der Waals surface area contributed by atoms with Gasteiger partial charge in [-0.15, -0.1) is 0 Å². The number of carbonyl (C=O) groups excluding carboxylic acids is 3. The first-order valence-corrected chi connectivity index (χ1v) is 45.1. The van der Waals surface area contributed by atoms with Gasteiger partial charge < -0.3 is 34.2 Å². The largest absolute Gasteiger partial charge is 0.472 e. The van der Waals surface area contributed by atoms with E-state index in [1.807, 2.05) is 12.2 Å². The lowest BCUT2D eigenvalue weighted by Gasteiger charge is -2.21. The maximum atomic E-state index is 13.0. The number of hydrogen-bond donors (Lipinski definition) is 4. The van der Waals surface area contributed by atoms with Crippen molar-refractivity contribution in [1.29, 1.82) is 0 Å². The third-order valence-electron chi connectivity index (χ3n) is 17.1. The molecule has 0 aliphatic carbocycles. The first-order chi connectivity index (χ1) is 53.2. The Kier molecular flexibility index (Phi) is 78.1. The minimum atomic E-state index is -4.96. The van der Waals surface area contributed by atoms with Crippen LogP contribution in [0, 0.1) is 0 Å². The van der Waals surface area contributed by atoms with Crippen LogP contribution in [0.3, 0.4) is 0 Å². The lowest BCUT2D eigenvalue weighted by atomic mass is 10.0. The minimum Gasteiger partial charge on any atom is -0.463 e. The highest BCUT2D eigenvalue weighted by atomic mass is 31.2. The number of rotatable bonds is 78. The van der Waals surface area contributed by atoms with E-state index in [-0.39, 0.29) is 19.3 Å². The van der Waals surface area contributed by atoms with Crippen LogP contribution in [0.25, 0.3) is 0 Å². The number of aliphatic hydroxyl groups is 2. The Morgan fingerprint density at radius 3 is 0.752 bits per heavy atom. The Hall–Kier alpha value is -5.35. The van der Waals surface area contributed by atoms with Crippen molar-refractivity contribution in [2.75, 3.05) is 39.6 Å². The molecule has 0 aromatic rings. The molecule has 0 rings (SSSR count). The number of unbranched alkanes of at least 4 members (excludes halogenated alkanes) is 25. The van der Waals surface area contributed by atoms with Crippen molar-refractivity contribution in [2.24, 2.45) is 0 Å². The van der Waals surface area contributed by atoms with Crippen LogP contribution in [0.1, 0.15) is 316 Å². The Morgan fingerprint density at radius 1 is 0.257 bits per heavy atom. The molecule has 0 spiro atoms. The van der Waals surface area contributed by atoms with Crippen LogP contribution < -0.4 is 0 Å². The van der Waals surface area contributed by atoms with Gasteiger partial charge in [-0.3, -0.25) is 32.5 Å². The first-order valence-electron chi connectivity index (χ1n) is 42.1. The number of esters is 3. The molecule has 109 heavy (non-hydrogen) atoms. The predicted octanol–water partition coefficient (Wildman–Crippen LogP) is 25.3. The van der Waals surface area contributed by atoms with Gasteiger partial charge in [-0.05, 0) is 148 Å². The average Bonchev–Trinajstić information content (AvgIpc) is 0.902. The summed E-state index contributed by atoms with van der Waals surface area (Å²) < 4.78 is 61.2. The van der Waals surface area contributed by atoms with Crippen LogP contribution in [0.2, 0.25) is 0 Å². The summed E-state index contributed by atoms with van der Waals surface area (Å²) in [5.74, 6) is -1.66. The molecule has 0 aliphatic rings. The summed E-state index contributed by atoms with van der Waals surface area (Å²) in [5, 5.41) is 20.7. The van der Waals surface area contributed by atoms with Crippen molar-refractivity contribution in [2.45, 2.75) is 334 Å². The normalized spacial score (nSPS) is 14.8. The van der Waals surface area contributed by atoms with Crippen LogP contribution in [0.5, 0.6) is 0 Å². The van der Waals surface area contributed by atoms with Gasteiger partial charge in [-0.2, -0.15) is 0 Å². The third kappa shape index (κ3) is 83.4. The molecular formula is C91H150O16P2. The van der Waals surface area contributed by atoms with Crippen molar-refractivity contribution in [3.63, 3.8) is 0 Å². The molecule has 5 unspecified atom stereocenters. The number of hydrogen-bond acceptors (Lipinski definition) is 14. The molecular weight excluding hydrogens is 1410 g/mol. The second kappa shape index (κ2) is 82.1. The summed E-state index contributed by atoms with van der Waals surface area (Å²) in [7, 11) is -9.83. The Balaban J connectivity index is 4.58. The van der Waals surface area contributed by atoms with Crippen molar-refractivity contribution in [1.82, 2.24) is 0 Å². The molecule has 0 fully saturated rings. The third-order valence-corrected chi connectivity index (χ3v) is 19.0. The average molecular weight is 1560 g/mol. The second-order valence-corrected chi connectivity index (χ2v) is 30.4. The molecule has 0 saturated carbocycles. The highest BCUT2D eigenvalue weighted by Crippen LogP contribution is 2.45. The van der Waals surface area contributed by atoms with Crippen molar-refractivity contribution in [3.05, 3.63) is 182 Å². The van der Waals surface area contributed by atoms with E-state index in [9.17, 15) is 43.5 Å². The monoisotopic (exact) mass is 1560 g/mol. The molecule has 5 atom stereocenters. The van der Waals surface area contributed by atoms with E-state index in [1.165, 1.54) is 103 Å². The maximum Gasteiger partial charge on any atom is 0.472 e. The molecule has 0 aromatic heterocycles. The van der Waals surface area contributed by atoms with Crippen LogP contribution in [-0.2, 0) is 55.8 Å². The summed E-state index contributed by atoms with van der Waals surface area (Å²) in [4.78, 5) is 58.8. The maximum absolute atomic E-state index is 13.0. The zero-order valence-corrected chi connectivity index (χ0v) is 69.7. The van der Waals surface area contributed by atoms with Crippen LogP contribution >= 0.6 is 15.6 Å². The van der Waals surface area contributed by atoms with Gasteiger partial charge in [0.05, 0.1) is 26.4 Å². The molecule has 0 bridgehead atoms. The summed E-state index contributed by atoms with van der Waals surface area (Å²) >= 11 is 0. The molecule has 16 nitrogen and oxygen atoms in total. The van der Waals surface area contributed by atoms with Crippen molar-refractivity contribution >= 4 is 33.6 Å². The predicted molar refractivity (Wildman–Crippen MR) is 454 cm³/mol. The smallest absolute Gasteiger partial charge is 0.463 e. The summed E-state index contributed by atoms with van der Waals surface area (Å²) in [5.41, 5.74) is 0. The van der Waals surface area contributed by atoms with Gasteiger partial charge in [0.1, 0.15) is 25.4 Å². The molecule has 0 amide bonds. The summed E-state index contributed by atoms with van der Waals surface area (Å²) in [6, 6.07) is 0. The van der Waals surface area contributed by atoms with Gasteiger partial charge in [0.25, 0.3) is 0 Å². The fourth-order valence-electron chi connectivity index (χ4n) is 10.8. The molecule has 4 N–H and O–H groups in total. The minimum absolute atomic E-state index is 0.0191. The SMILES string of the molecule is CC/C=C\C/C=C\C/C=C\C/C=C\C/C=C\CCCCCCCCCCCCCCCCCC(=O)OCC(O)COP(=O)(O)OCC(O)COP(=O)(O)OCC(COC(=O)CCCCCCCCCCC/C=C\C/C=C\C/C=C\C/C=C\C/C=C\CC)OC(=O)CCC/C=C\C/C=C\C/C=C\C/C=C\C/C=C\CC. The topological polar surface area (TPSA) is 231 Å². The zero-order chi connectivity index (χ0) is 79.4. The van der Waals surface area contributed by atoms with Gasteiger partial charge in [0, 0.05) is 19.3 Å². The van der Waals surface area contributed by atoms with Crippen molar-refractivity contribution in [3.8, 4) is 0 Å². The fraction of sp³-hybridized carbons (Fsp3) is 0.637. The van der Waals surface area contributed by atoms with E-state index >= 15 is 0 Å². The van der Waals surface area contributed by atoms with E-state index in [1.54, 1.807) is 0 Å². The lowest BCUT2D eigenvalue weighted by molar-refractivity contribution is -0.161. The number of carbonyl (C=O) groups is 3. The lowest BCUT2D eigenvalue weighted by Crippen LogP contribution is -2.30. The fourth-order valence-corrected chi connectivity index (χ4v) is 12.4. The van der Waals surface area contributed by atoms with Crippen LogP contribution in [0.4, 0.5) is 0 Å². The Bertz CT molecular complexity index is 2710. The van der Waals surface area contributed by atoms with Crippen molar-refractivity contribution < 1.29 is 75.8 Å². The molecule has 0 saturated heterocycles. The zero-order valence-electron chi connectivity index (χ0n) is 67.9. The van der Waals surface area contributed by atoms with Gasteiger partial charge in [-0.1, -0.05) is 331 Å². The van der Waals surface area contributed by atoms with Gasteiger partial charge in [-0.25, -0.2) is 9.13 Å². The van der Waals surface area contributed by atoms with E-state index < -0.39 is 91.5 Å². The number of phosphoric ester groups is 2. The van der Waals surface area contributed by atoms with E-state index in [4.69, 9.17) is 32.3 Å². The summed E-state index contributed by atoms with van der Waals surface area (Å²) in [6.07, 6.45) is 107. The first kappa shape index (κ1) is 104. The van der Waals surface area contributed by atoms with Crippen LogP contribution in [-0.4, -0.2) is 95.9 Å². The molecule has 0 aromatic carbocycles. The number of allylic oxidation sites excluding steroid dienone is 30. The number of ether oxygens (including phenoxy) is 3. The Labute approximate surface area is 662 Å². The van der Waals surface area contributed by atoms with Gasteiger partial charge in [0.2, 0.25) is 0 Å². The van der Waals surface area contributed by atoms with Gasteiger partial charge in [0.15, 0.2) is 6.10 Å². The molecule has 620 valence electrons. The van der Waals surface area contributed by atoms with E-state index in [0.717, 1.165) is 148 Å². The van der Waals surface area contributed by atoms with E-state index in [0.29, 0.717) is 25.7 Å². The summed E-state index contributed by atoms with van der Waals surface area (Å²) in [6.45, 7) is 2.27. The quantitative estimate of drug-likeness (QED) is 0.0146. The highest BCUT2D eigenvalue weighted by Gasteiger charge is 2.29. The van der Waals surface area contributed by atoms with Crippen LogP contribution in [0.15, 0.2) is 182 Å². The van der Waals surface area contributed by atoms with Gasteiger partial charge >= 0.3 is 33.6 Å². The Morgan fingerprint density at radius 2 is 0.468 bits per heavy atom. The second-order valence-electron chi connectivity index (χ2n) is 27.5. The van der Waals surface area contributed by atoms with E-state index in [2.05, 4.69) is 191 Å². The highest BCUT2D eigenvalue weighted by molar-refractivity contribution is 7.47. The number of phosphoric acid groups is 2. The standard InChI is InChI=1S/C91H150O16P2/c1-4-7-10-13-16-19-22-25-28-31-33-35-37-39-40-41-42-43-44-46-48-49-51-54-56-59-62-65-68-71-74-77-89(94)101-80-86(92)81-103-108(97,98)104-82-87(93)83-105-109(99,100)106-85-88(107-91(96)79-76-73-70-67-64-61-58-53-30-27-24-21-18-15-12-9-6-3)84-102-90(95)78-75-72-69-66-63-60-57-55-52-50-47-45-38-36-34-32-29-26-23-20-17-14-11-8-5-2/h7-12,16-21,25-30,33-36,39-40,45,47,58,61,67,70,86-88,92-93H,4-6,13-15,22-24,31-32,37-38,41-44,46,48-57,59-60,62-66,68-69,71-85H2,1-3H3,(H,97,98)(H,99,100)/b10-7-,11-8-,12-9-,19-16-,20-17-,21-18-,28-25-,29-26-,30-27-,35-33-,36-34-,40-39-,47-45-,61-58-,70-67-. The molecule has 0 heterocycles. The molecule has 0 radical (unpaired) electrons. The molecule has 0 aliphatic heterocycles.